The fraction of sp³-hybridized carbons (Fsp3) is 0.750. The van der Waals surface area contributed by atoms with Gasteiger partial charge in [0, 0.05) is 12.1 Å². The lowest BCUT2D eigenvalue weighted by atomic mass is 9.97. The van der Waals surface area contributed by atoms with E-state index >= 15 is 0 Å². The highest BCUT2D eigenvalue weighted by molar-refractivity contribution is 7.11. The predicted octanol–water partition coefficient (Wildman–Crippen LogP) is 2.86. The lowest BCUT2D eigenvalue weighted by molar-refractivity contribution is -0.134. The molecule has 2 atom stereocenters. The number of aromatic nitrogens is 1. The Morgan fingerprint density at radius 1 is 1.53 bits per heavy atom. The van der Waals surface area contributed by atoms with Gasteiger partial charge in [0.1, 0.15) is 9.88 Å². The topological polar surface area (TPSA) is 42.1 Å². The highest BCUT2D eigenvalue weighted by atomic mass is 32.1. The second-order valence-electron chi connectivity index (χ2n) is 5.01. The zero-order chi connectivity index (χ0) is 14.0. The maximum Gasteiger partial charge on any atom is 0.427 e. The van der Waals surface area contributed by atoms with Crippen LogP contribution in [0.4, 0.5) is 13.2 Å². The van der Waals surface area contributed by atoms with E-state index in [9.17, 15) is 13.2 Å². The standard InChI is InChI=1S/C12H18F3N3S/c1-8(16)9-4-2-3-5-18(9)7-11-17-6-10(19-11)12(13,14)15/h6,8-9H,2-5,7,16H2,1H3. The third kappa shape index (κ3) is 3.67. The van der Waals surface area contributed by atoms with E-state index in [4.69, 9.17) is 5.73 Å². The van der Waals surface area contributed by atoms with Gasteiger partial charge in [-0.15, -0.1) is 11.3 Å². The van der Waals surface area contributed by atoms with Gasteiger partial charge < -0.3 is 5.73 Å². The van der Waals surface area contributed by atoms with Crippen LogP contribution in [-0.4, -0.2) is 28.5 Å². The smallest absolute Gasteiger partial charge is 0.327 e. The third-order valence-corrected chi connectivity index (χ3v) is 4.47. The number of nitrogens with zero attached hydrogens (tertiary/aromatic N) is 2. The first-order chi connectivity index (χ1) is 8.88. The Kier molecular flexibility index (Phi) is 4.47. The van der Waals surface area contributed by atoms with Crippen molar-refractivity contribution < 1.29 is 13.2 Å². The average Bonchev–Trinajstić information content (AvgIpc) is 2.77. The van der Waals surface area contributed by atoms with Crippen LogP contribution in [0.25, 0.3) is 0 Å². The number of alkyl halides is 3. The minimum absolute atomic E-state index is 0.0300. The van der Waals surface area contributed by atoms with Crippen molar-refractivity contribution >= 4 is 11.3 Å². The molecule has 0 saturated carbocycles. The molecule has 19 heavy (non-hydrogen) atoms. The van der Waals surface area contributed by atoms with Gasteiger partial charge in [0.25, 0.3) is 0 Å². The maximum atomic E-state index is 12.5. The molecule has 1 fully saturated rings. The van der Waals surface area contributed by atoms with Crippen LogP contribution in [0.2, 0.25) is 0 Å². The molecule has 2 rings (SSSR count). The highest BCUT2D eigenvalue weighted by Crippen LogP contribution is 2.34. The first-order valence-corrected chi connectivity index (χ1v) is 7.21. The van der Waals surface area contributed by atoms with Crippen LogP contribution in [0.1, 0.15) is 36.1 Å². The van der Waals surface area contributed by atoms with Gasteiger partial charge >= 0.3 is 6.18 Å². The molecular weight excluding hydrogens is 275 g/mol. The summed E-state index contributed by atoms with van der Waals surface area (Å²) in [6.45, 7) is 3.30. The molecule has 2 unspecified atom stereocenters. The monoisotopic (exact) mass is 293 g/mol. The third-order valence-electron chi connectivity index (χ3n) is 3.44. The number of rotatable bonds is 3. The minimum atomic E-state index is -4.29. The number of halogens is 3. The van der Waals surface area contributed by atoms with Gasteiger partial charge in [-0.25, -0.2) is 4.98 Å². The lowest BCUT2D eigenvalue weighted by Crippen LogP contribution is -2.48. The lowest BCUT2D eigenvalue weighted by Gasteiger charge is -2.37. The molecule has 1 aromatic heterocycles. The first kappa shape index (κ1) is 14.7. The van der Waals surface area contributed by atoms with Gasteiger partial charge in [-0.2, -0.15) is 13.2 Å². The predicted molar refractivity (Wildman–Crippen MR) is 68.8 cm³/mol. The molecule has 1 aromatic rings. The Morgan fingerprint density at radius 3 is 2.84 bits per heavy atom. The Bertz CT molecular complexity index is 417. The van der Waals surface area contributed by atoms with Crippen molar-refractivity contribution in [1.82, 2.24) is 9.88 Å². The Hall–Kier alpha value is -0.660. The molecule has 108 valence electrons. The van der Waals surface area contributed by atoms with Gasteiger partial charge in [0.05, 0.1) is 12.7 Å². The van der Waals surface area contributed by atoms with Crippen LogP contribution < -0.4 is 5.73 Å². The molecule has 1 aliphatic heterocycles. The maximum absolute atomic E-state index is 12.5. The van der Waals surface area contributed by atoms with Crippen LogP contribution in [0.5, 0.6) is 0 Å². The van der Waals surface area contributed by atoms with Crippen LogP contribution in [0, 0.1) is 0 Å². The fourth-order valence-corrected chi connectivity index (χ4v) is 3.31. The van der Waals surface area contributed by atoms with E-state index in [0.29, 0.717) is 11.6 Å². The first-order valence-electron chi connectivity index (χ1n) is 6.39. The number of thiazole rings is 1. The molecule has 2 heterocycles. The largest absolute Gasteiger partial charge is 0.427 e. The average molecular weight is 293 g/mol. The summed E-state index contributed by atoms with van der Waals surface area (Å²) in [5.74, 6) is 0. The number of nitrogens with two attached hydrogens (primary N) is 1. The molecule has 1 aliphatic rings. The van der Waals surface area contributed by atoms with E-state index in [2.05, 4.69) is 9.88 Å². The molecule has 7 heteroatoms. The zero-order valence-electron chi connectivity index (χ0n) is 10.8. The van der Waals surface area contributed by atoms with Crippen molar-refractivity contribution in [2.45, 2.75) is 51.0 Å². The fourth-order valence-electron chi connectivity index (χ4n) is 2.50. The minimum Gasteiger partial charge on any atom is -0.327 e. The van der Waals surface area contributed by atoms with Crippen LogP contribution in [0.15, 0.2) is 6.20 Å². The molecule has 0 radical (unpaired) electrons. The van der Waals surface area contributed by atoms with Crippen molar-refractivity contribution in [2.24, 2.45) is 5.73 Å². The summed E-state index contributed by atoms with van der Waals surface area (Å²) < 4.78 is 37.6. The summed E-state index contributed by atoms with van der Waals surface area (Å²) in [4.78, 5) is 5.42. The molecule has 0 amide bonds. The van der Waals surface area contributed by atoms with Crippen molar-refractivity contribution in [1.29, 1.82) is 0 Å². The second-order valence-corrected chi connectivity index (χ2v) is 6.12. The van der Waals surface area contributed by atoms with E-state index in [1.54, 1.807) is 0 Å². The van der Waals surface area contributed by atoms with Crippen molar-refractivity contribution in [2.75, 3.05) is 6.54 Å². The molecule has 3 nitrogen and oxygen atoms in total. The van der Waals surface area contributed by atoms with Gasteiger partial charge in [-0.1, -0.05) is 6.42 Å². The van der Waals surface area contributed by atoms with Gasteiger partial charge in [-0.05, 0) is 26.3 Å². The summed E-state index contributed by atoms with van der Waals surface area (Å²) in [7, 11) is 0. The van der Waals surface area contributed by atoms with Crippen LogP contribution >= 0.6 is 11.3 Å². The summed E-state index contributed by atoms with van der Waals surface area (Å²) in [5.41, 5.74) is 5.95. The molecular formula is C12H18F3N3S. The van der Waals surface area contributed by atoms with E-state index in [1.165, 1.54) is 0 Å². The molecule has 0 aliphatic carbocycles. The molecule has 0 aromatic carbocycles. The summed E-state index contributed by atoms with van der Waals surface area (Å²) in [6, 6.07) is 0.273. The van der Waals surface area contributed by atoms with E-state index in [0.717, 1.165) is 43.3 Å². The summed E-state index contributed by atoms with van der Waals surface area (Å²) >= 11 is 0.729. The van der Waals surface area contributed by atoms with E-state index < -0.39 is 11.1 Å². The Labute approximate surface area is 114 Å². The normalized spacial score (nSPS) is 23.5. The van der Waals surface area contributed by atoms with Crippen LogP contribution in [-0.2, 0) is 12.7 Å². The Morgan fingerprint density at radius 2 is 2.26 bits per heavy atom. The molecule has 2 N–H and O–H groups in total. The Balaban J connectivity index is 2.05. The summed E-state index contributed by atoms with van der Waals surface area (Å²) in [6.07, 6.45) is -0.159. The quantitative estimate of drug-likeness (QED) is 0.932. The molecule has 1 saturated heterocycles. The molecule has 0 spiro atoms. The second kappa shape index (κ2) is 5.76. The van der Waals surface area contributed by atoms with Crippen molar-refractivity contribution in [3.05, 3.63) is 16.1 Å². The van der Waals surface area contributed by atoms with Crippen LogP contribution in [0.3, 0.4) is 0 Å². The number of piperidine rings is 1. The molecule has 0 bridgehead atoms. The number of hydrogen-bond acceptors (Lipinski definition) is 4. The van der Waals surface area contributed by atoms with Crippen molar-refractivity contribution in [3.63, 3.8) is 0 Å². The SMILES string of the molecule is CC(N)C1CCCCN1Cc1ncc(C(F)(F)F)s1. The van der Waals surface area contributed by atoms with Gasteiger partial charge in [0.2, 0.25) is 0 Å². The number of hydrogen-bond donors (Lipinski definition) is 1. The highest BCUT2D eigenvalue weighted by Gasteiger charge is 2.34. The van der Waals surface area contributed by atoms with Gasteiger partial charge in [0.15, 0.2) is 0 Å². The van der Waals surface area contributed by atoms with Crippen molar-refractivity contribution in [3.8, 4) is 0 Å². The van der Waals surface area contributed by atoms with E-state index in [1.807, 2.05) is 6.92 Å². The zero-order valence-corrected chi connectivity index (χ0v) is 11.6. The van der Waals surface area contributed by atoms with Gasteiger partial charge in [-0.3, -0.25) is 4.90 Å². The van der Waals surface area contributed by atoms with E-state index in [-0.39, 0.29) is 12.1 Å². The summed E-state index contributed by atoms with van der Waals surface area (Å²) in [5, 5.41) is 0.514. The number of likely N-dealkylation sites (tertiary alicyclic amines) is 1.